The first kappa shape index (κ1) is 20.6. The molecule has 1 amide bonds. The summed E-state index contributed by atoms with van der Waals surface area (Å²) in [7, 11) is 4.16. The number of benzene rings is 1. The van der Waals surface area contributed by atoms with Crippen LogP contribution in [0.15, 0.2) is 34.1 Å². The number of rotatable bonds is 8. The number of hydrogen-bond acceptors (Lipinski definition) is 4. The van der Waals surface area contributed by atoms with Gasteiger partial charge in [-0.25, -0.2) is 4.79 Å². The van der Waals surface area contributed by atoms with E-state index in [0.717, 1.165) is 54.2 Å². The van der Waals surface area contributed by atoms with Gasteiger partial charge in [-0.05, 0) is 43.4 Å². The van der Waals surface area contributed by atoms with E-state index in [-0.39, 0.29) is 17.3 Å². The first-order valence-electron chi connectivity index (χ1n) is 9.91. The summed E-state index contributed by atoms with van der Waals surface area (Å²) in [6, 6.07) is 7.88. The molecule has 0 bridgehead atoms. The number of aryl methyl sites for hydroxylation is 1. The number of carbonyl (C=O) groups is 1. The maximum absolute atomic E-state index is 12.5. The van der Waals surface area contributed by atoms with Gasteiger partial charge >= 0.3 is 5.69 Å². The van der Waals surface area contributed by atoms with Gasteiger partial charge in [0.15, 0.2) is 0 Å². The third-order valence-electron chi connectivity index (χ3n) is 5.02. The van der Waals surface area contributed by atoms with Crippen molar-refractivity contribution in [3.05, 3.63) is 51.6 Å². The van der Waals surface area contributed by atoms with E-state index in [1.807, 2.05) is 28.8 Å². The zero-order valence-corrected chi connectivity index (χ0v) is 17.7. The summed E-state index contributed by atoms with van der Waals surface area (Å²) in [5.74, 6) is 0.170. The van der Waals surface area contributed by atoms with E-state index in [0.29, 0.717) is 6.54 Å². The minimum Gasteiger partial charge on any atom is -0.338 e. The monoisotopic (exact) mass is 401 g/mol. The lowest BCUT2D eigenvalue weighted by molar-refractivity contribution is -0.859. The molecule has 6 nitrogen and oxygen atoms in total. The normalized spacial score (nSPS) is 13.0. The van der Waals surface area contributed by atoms with Gasteiger partial charge < -0.3 is 10.2 Å². The number of thioether (sulfide) groups is 1. The third kappa shape index (κ3) is 5.02. The molecule has 1 aromatic heterocycles. The fourth-order valence-corrected chi connectivity index (χ4v) is 4.30. The topological polar surface area (TPSA) is 68.4 Å². The minimum absolute atomic E-state index is 0.0804. The predicted octanol–water partition coefficient (Wildman–Crippen LogP) is 1.17. The van der Waals surface area contributed by atoms with E-state index in [2.05, 4.69) is 31.3 Å². The maximum atomic E-state index is 12.5. The molecule has 7 heteroatoms. The molecule has 3 rings (SSSR count). The van der Waals surface area contributed by atoms with Crippen LogP contribution in [0.5, 0.6) is 0 Å². The molecule has 1 aliphatic carbocycles. The van der Waals surface area contributed by atoms with Gasteiger partial charge in [0.05, 0.1) is 32.9 Å². The molecule has 2 aromatic rings. The van der Waals surface area contributed by atoms with E-state index >= 15 is 0 Å². The van der Waals surface area contributed by atoms with Crippen LogP contribution in [0.4, 0.5) is 5.69 Å². The second-order valence-corrected chi connectivity index (χ2v) is 8.44. The molecule has 0 saturated carbocycles. The van der Waals surface area contributed by atoms with Crippen LogP contribution in [0.3, 0.4) is 0 Å². The molecule has 0 spiro atoms. The quantitative estimate of drug-likeness (QED) is 0.515. The molecule has 150 valence electrons. The molecular formula is C21H29N4O2S+. The van der Waals surface area contributed by atoms with Crippen LogP contribution < -0.4 is 15.9 Å². The number of aromatic nitrogens is 2. The zero-order chi connectivity index (χ0) is 20.1. The first-order valence-corrected chi connectivity index (χ1v) is 10.9. The van der Waals surface area contributed by atoms with Crippen LogP contribution in [0, 0.1) is 0 Å². The number of quaternary nitrogens is 1. The molecule has 2 N–H and O–H groups in total. The highest BCUT2D eigenvalue weighted by Gasteiger charge is 2.22. The van der Waals surface area contributed by atoms with Crippen LogP contribution in [0.1, 0.15) is 30.2 Å². The fraction of sp³-hybridized carbons (Fsp3) is 0.476. The number of anilines is 1. The lowest BCUT2D eigenvalue weighted by atomic mass is 10.1. The van der Waals surface area contributed by atoms with Gasteiger partial charge in [-0.2, -0.15) is 4.98 Å². The van der Waals surface area contributed by atoms with Crippen molar-refractivity contribution >= 4 is 23.4 Å². The smallest absolute Gasteiger partial charge is 0.338 e. The van der Waals surface area contributed by atoms with Crippen LogP contribution in [-0.4, -0.2) is 41.9 Å². The highest BCUT2D eigenvalue weighted by Crippen LogP contribution is 2.29. The third-order valence-corrected chi connectivity index (χ3v) is 6.04. The molecule has 0 saturated heterocycles. The first-order chi connectivity index (χ1) is 13.5. The highest BCUT2D eigenvalue weighted by atomic mass is 32.2. The van der Waals surface area contributed by atoms with Gasteiger partial charge in [0.25, 0.3) is 0 Å². The SMILES string of the molecule is CCc1ccc(NC(=O)CSc2nc(=O)n(CC[NH+](C)C)c3c2CCC3)cc1. The molecular weight excluding hydrogens is 372 g/mol. The Morgan fingerprint density at radius 3 is 2.68 bits per heavy atom. The molecule has 0 unspecified atom stereocenters. The van der Waals surface area contributed by atoms with Crippen molar-refractivity contribution in [2.45, 2.75) is 44.2 Å². The zero-order valence-electron chi connectivity index (χ0n) is 16.9. The van der Waals surface area contributed by atoms with Gasteiger partial charge in [0.2, 0.25) is 5.91 Å². The van der Waals surface area contributed by atoms with Crippen molar-refractivity contribution in [2.75, 3.05) is 31.7 Å². The lowest BCUT2D eigenvalue weighted by Gasteiger charge is -2.15. The fourth-order valence-electron chi connectivity index (χ4n) is 3.43. The van der Waals surface area contributed by atoms with Crippen LogP contribution in [0.25, 0.3) is 0 Å². The maximum Gasteiger partial charge on any atom is 0.349 e. The van der Waals surface area contributed by atoms with E-state index < -0.39 is 0 Å². The summed E-state index contributed by atoms with van der Waals surface area (Å²) < 4.78 is 1.83. The van der Waals surface area contributed by atoms with Crippen LogP contribution >= 0.6 is 11.8 Å². The summed E-state index contributed by atoms with van der Waals surface area (Å²) in [5.41, 5.74) is 4.10. The van der Waals surface area contributed by atoms with Gasteiger partial charge in [-0.15, -0.1) is 0 Å². The van der Waals surface area contributed by atoms with E-state index in [1.54, 1.807) is 0 Å². The summed E-state index contributed by atoms with van der Waals surface area (Å²) in [6.07, 6.45) is 3.86. The van der Waals surface area contributed by atoms with E-state index in [9.17, 15) is 9.59 Å². The molecule has 28 heavy (non-hydrogen) atoms. The number of fused-ring (bicyclic) bond motifs is 1. The van der Waals surface area contributed by atoms with Gasteiger partial charge in [-0.3, -0.25) is 9.36 Å². The van der Waals surface area contributed by atoms with Gasteiger partial charge in [0, 0.05) is 16.9 Å². The number of carbonyl (C=O) groups excluding carboxylic acids is 1. The Balaban J connectivity index is 1.67. The van der Waals surface area contributed by atoms with Crippen molar-refractivity contribution in [1.82, 2.24) is 9.55 Å². The average molecular weight is 402 g/mol. The molecule has 1 aliphatic rings. The molecule has 0 fully saturated rings. The number of nitrogens with one attached hydrogen (secondary N) is 2. The van der Waals surface area contributed by atoms with E-state index in [1.165, 1.54) is 22.2 Å². The summed E-state index contributed by atoms with van der Waals surface area (Å²) >= 11 is 1.37. The predicted molar refractivity (Wildman–Crippen MR) is 113 cm³/mol. The van der Waals surface area contributed by atoms with Crippen molar-refractivity contribution in [2.24, 2.45) is 0 Å². The highest BCUT2D eigenvalue weighted by molar-refractivity contribution is 8.00. The summed E-state index contributed by atoms with van der Waals surface area (Å²) in [5, 5.41) is 3.64. The molecule has 1 aromatic carbocycles. The Hall–Kier alpha value is -2.12. The lowest BCUT2D eigenvalue weighted by Crippen LogP contribution is -3.06. The summed E-state index contributed by atoms with van der Waals surface area (Å²) in [4.78, 5) is 30.5. The van der Waals surface area contributed by atoms with Crippen LogP contribution in [-0.2, 0) is 30.6 Å². The van der Waals surface area contributed by atoms with Crippen LogP contribution in [0.2, 0.25) is 0 Å². The van der Waals surface area contributed by atoms with E-state index in [4.69, 9.17) is 0 Å². The van der Waals surface area contributed by atoms with Crippen molar-refractivity contribution in [1.29, 1.82) is 0 Å². The molecule has 1 heterocycles. The minimum atomic E-state index is -0.194. The molecule has 0 atom stereocenters. The average Bonchev–Trinajstić information content (AvgIpc) is 3.15. The van der Waals surface area contributed by atoms with Gasteiger partial charge in [-0.1, -0.05) is 30.8 Å². The number of hydrogen-bond donors (Lipinski definition) is 2. The number of nitrogens with zero attached hydrogens (tertiary/aromatic N) is 2. The standard InChI is InChI=1S/C21H28N4O2S/c1-4-15-8-10-16(11-9-15)22-19(26)14-28-20-17-6-5-7-18(17)25(21(27)23-20)13-12-24(2)3/h8-11H,4-7,12-14H2,1-3H3,(H,22,26)/p+1. The second kappa shape index (κ2) is 9.39. The Bertz CT molecular complexity index is 891. The Labute approximate surface area is 170 Å². The Morgan fingerprint density at radius 1 is 1.25 bits per heavy atom. The molecule has 0 aliphatic heterocycles. The Morgan fingerprint density at radius 2 is 2.00 bits per heavy atom. The van der Waals surface area contributed by atoms with Crippen molar-refractivity contribution < 1.29 is 9.69 Å². The van der Waals surface area contributed by atoms with Crippen molar-refractivity contribution in [3.63, 3.8) is 0 Å². The number of amides is 1. The second-order valence-electron chi connectivity index (χ2n) is 7.47. The molecule has 0 radical (unpaired) electrons. The summed E-state index contributed by atoms with van der Waals surface area (Å²) in [6.45, 7) is 3.68. The van der Waals surface area contributed by atoms with Crippen molar-refractivity contribution in [3.8, 4) is 0 Å². The largest absolute Gasteiger partial charge is 0.349 e. The van der Waals surface area contributed by atoms with Gasteiger partial charge in [0.1, 0.15) is 5.03 Å². The number of likely N-dealkylation sites (N-methyl/N-ethyl adjacent to an activating group) is 1. The Kier molecular flexibility index (Phi) is 6.91.